The van der Waals surface area contributed by atoms with Gasteiger partial charge in [-0.05, 0) is 31.9 Å². The molecule has 9 heteroatoms. The molecule has 9 nitrogen and oxygen atoms in total. The van der Waals surface area contributed by atoms with Crippen LogP contribution in [0, 0.1) is 16.0 Å². The van der Waals surface area contributed by atoms with E-state index < -0.39 is 4.92 Å². The molecule has 0 unspecified atom stereocenters. The molecule has 1 aromatic rings. The van der Waals surface area contributed by atoms with Crippen LogP contribution in [0.3, 0.4) is 0 Å². The molecule has 2 saturated heterocycles. The summed E-state index contributed by atoms with van der Waals surface area (Å²) in [6, 6.07) is 3.11. The second-order valence-corrected chi connectivity index (χ2v) is 7.02. The van der Waals surface area contributed by atoms with Crippen molar-refractivity contribution in [1.29, 1.82) is 0 Å². The second kappa shape index (κ2) is 9.61. The predicted molar refractivity (Wildman–Crippen MR) is 101 cm³/mol. The Labute approximate surface area is 158 Å². The minimum Gasteiger partial charge on any atom is -0.379 e. The second-order valence-electron chi connectivity index (χ2n) is 7.02. The average molecular weight is 377 g/mol. The van der Waals surface area contributed by atoms with Crippen LogP contribution in [0.5, 0.6) is 0 Å². The van der Waals surface area contributed by atoms with E-state index in [1.165, 1.54) is 12.3 Å². The fourth-order valence-corrected chi connectivity index (χ4v) is 3.56. The lowest BCUT2D eigenvalue weighted by Gasteiger charge is -2.33. The summed E-state index contributed by atoms with van der Waals surface area (Å²) in [5.74, 6) is 0.702. The maximum absolute atomic E-state index is 12.5. The van der Waals surface area contributed by atoms with Gasteiger partial charge in [-0.25, -0.2) is 4.98 Å². The van der Waals surface area contributed by atoms with E-state index in [0.717, 1.165) is 58.7 Å². The van der Waals surface area contributed by atoms with Gasteiger partial charge in [0.15, 0.2) is 0 Å². The molecule has 148 valence electrons. The summed E-state index contributed by atoms with van der Waals surface area (Å²) in [6.07, 6.45) is 3.97. The Balaban J connectivity index is 1.42. The highest BCUT2D eigenvalue weighted by molar-refractivity contribution is 5.79. The van der Waals surface area contributed by atoms with Gasteiger partial charge in [-0.1, -0.05) is 0 Å². The standard InChI is InChI=1S/C18H27N5O4/c24-18(19-6-2-7-21-9-11-27-12-10-21)15-3-1-8-22(14-15)17-5-4-16(13-20-17)23(25)26/h4-5,13,15H,1-3,6-12,14H2,(H,19,24)/t15-/m1/s1. The maximum atomic E-state index is 12.5. The number of hydrogen-bond acceptors (Lipinski definition) is 7. The van der Waals surface area contributed by atoms with Crippen LogP contribution in [0.15, 0.2) is 18.3 Å². The van der Waals surface area contributed by atoms with Gasteiger partial charge in [-0.3, -0.25) is 19.8 Å². The summed E-state index contributed by atoms with van der Waals surface area (Å²) < 4.78 is 5.33. The van der Waals surface area contributed by atoms with Crippen molar-refractivity contribution < 1.29 is 14.5 Å². The number of pyridine rings is 1. The molecule has 1 atom stereocenters. The third-order valence-corrected chi connectivity index (χ3v) is 5.11. The number of aromatic nitrogens is 1. The number of piperidine rings is 1. The summed E-state index contributed by atoms with van der Waals surface area (Å²) in [6.45, 7) is 6.59. The molecule has 3 rings (SSSR count). The van der Waals surface area contributed by atoms with Crippen LogP contribution >= 0.6 is 0 Å². The van der Waals surface area contributed by atoms with Crippen LogP contribution in [0.4, 0.5) is 11.5 Å². The van der Waals surface area contributed by atoms with Gasteiger partial charge >= 0.3 is 0 Å². The SMILES string of the molecule is O=C(NCCCN1CCOCC1)[C@@H]1CCCN(c2ccc([N+](=O)[O-])cn2)C1. The fourth-order valence-electron chi connectivity index (χ4n) is 3.56. The smallest absolute Gasteiger partial charge is 0.287 e. The number of nitro groups is 1. The van der Waals surface area contributed by atoms with Gasteiger partial charge in [0.2, 0.25) is 5.91 Å². The Morgan fingerprint density at radius 1 is 1.33 bits per heavy atom. The topological polar surface area (TPSA) is 101 Å². The number of morpholine rings is 1. The molecule has 2 aliphatic heterocycles. The Kier molecular flexibility index (Phi) is 6.94. The van der Waals surface area contributed by atoms with Crippen molar-refractivity contribution in [2.24, 2.45) is 5.92 Å². The molecular formula is C18H27N5O4. The molecule has 0 aromatic carbocycles. The zero-order chi connectivity index (χ0) is 19.1. The van der Waals surface area contributed by atoms with Gasteiger partial charge in [-0.15, -0.1) is 0 Å². The van der Waals surface area contributed by atoms with Crippen molar-refractivity contribution in [3.05, 3.63) is 28.4 Å². The summed E-state index contributed by atoms with van der Waals surface area (Å²) >= 11 is 0. The van der Waals surface area contributed by atoms with Gasteiger partial charge in [0.1, 0.15) is 12.0 Å². The molecule has 27 heavy (non-hydrogen) atoms. The van der Waals surface area contributed by atoms with E-state index in [4.69, 9.17) is 4.74 Å². The molecule has 1 aromatic heterocycles. The Hall–Kier alpha value is -2.26. The van der Waals surface area contributed by atoms with Crippen LogP contribution in [-0.4, -0.2) is 73.2 Å². The van der Waals surface area contributed by atoms with Crippen LogP contribution < -0.4 is 10.2 Å². The normalized spacial score (nSPS) is 21.0. The summed E-state index contributed by atoms with van der Waals surface area (Å²) in [7, 11) is 0. The van der Waals surface area contributed by atoms with Gasteiger partial charge in [0.05, 0.1) is 24.1 Å². The summed E-state index contributed by atoms with van der Waals surface area (Å²) in [5, 5.41) is 13.8. The number of hydrogen-bond donors (Lipinski definition) is 1. The van der Waals surface area contributed by atoms with E-state index in [0.29, 0.717) is 18.9 Å². The van der Waals surface area contributed by atoms with Crippen molar-refractivity contribution in [2.45, 2.75) is 19.3 Å². The molecule has 2 fully saturated rings. The number of anilines is 1. The van der Waals surface area contributed by atoms with E-state index >= 15 is 0 Å². The first-order chi connectivity index (χ1) is 13.1. The predicted octanol–water partition coefficient (Wildman–Crippen LogP) is 1.04. The van der Waals surface area contributed by atoms with Crippen LogP contribution in [0.1, 0.15) is 19.3 Å². The Morgan fingerprint density at radius 3 is 2.85 bits per heavy atom. The van der Waals surface area contributed by atoms with E-state index in [-0.39, 0.29) is 17.5 Å². The van der Waals surface area contributed by atoms with Gasteiger partial charge in [0, 0.05) is 38.8 Å². The third kappa shape index (κ3) is 5.61. The number of nitrogens with one attached hydrogen (secondary N) is 1. The maximum Gasteiger partial charge on any atom is 0.287 e. The molecule has 0 aliphatic carbocycles. The summed E-state index contributed by atoms with van der Waals surface area (Å²) in [5.41, 5.74) is -0.0229. The van der Waals surface area contributed by atoms with E-state index in [1.807, 2.05) is 4.90 Å². The molecule has 1 amide bonds. The van der Waals surface area contributed by atoms with Crippen molar-refractivity contribution in [3.63, 3.8) is 0 Å². The number of rotatable bonds is 7. The fraction of sp³-hybridized carbons (Fsp3) is 0.667. The minimum absolute atomic E-state index is 0.0229. The number of carbonyl (C=O) groups excluding carboxylic acids is 1. The zero-order valence-electron chi connectivity index (χ0n) is 15.5. The van der Waals surface area contributed by atoms with Gasteiger partial charge in [-0.2, -0.15) is 0 Å². The average Bonchev–Trinajstić information content (AvgIpc) is 2.72. The lowest BCUT2D eigenvalue weighted by molar-refractivity contribution is -0.385. The van der Waals surface area contributed by atoms with E-state index in [1.54, 1.807) is 6.07 Å². The lowest BCUT2D eigenvalue weighted by Crippen LogP contribution is -2.44. The quantitative estimate of drug-likeness (QED) is 0.430. The highest BCUT2D eigenvalue weighted by atomic mass is 16.6. The minimum atomic E-state index is -0.458. The molecule has 2 aliphatic rings. The monoisotopic (exact) mass is 377 g/mol. The molecule has 3 heterocycles. The third-order valence-electron chi connectivity index (χ3n) is 5.11. The number of carbonyl (C=O) groups is 1. The van der Waals surface area contributed by atoms with Gasteiger partial charge < -0.3 is 15.0 Å². The summed E-state index contributed by atoms with van der Waals surface area (Å²) in [4.78, 5) is 31.3. The number of amides is 1. The Morgan fingerprint density at radius 2 is 2.15 bits per heavy atom. The van der Waals surface area contributed by atoms with Crippen molar-refractivity contribution in [3.8, 4) is 0 Å². The lowest BCUT2D eigenvalue weighted by atomic mass is 9.97. The van der Waals surface area contributed by atoms with Crippen LogP contribution in [-0.2, 0) is 9.53 Å². The highest BCUT2D eigenvalue weighted by Crippen LogP contribution is 2.23. The van der Waals surface area contributed by atoms with E-state index in [2.05, 4.69) is 15.2 Å². The molecule has 0 saturated carbocycles. The molecule has 0 spiro atoms. The molecule has 1 N–H and O–H groups in total. The first-order valence-corrected chi connectivity index (χ1v) is 9.56. The first kappa shape index (κ1) is 19.5. The molecule has 0 radical (unpaired) electrons. The van der Waals surface area contributed by atoms with Crippen molar-refractivity contribution in [1.82, 2.24) is 15.2 Å². The highest BCUT2D eigenvalue weighted by Gasteiger charge is 2.26. The van der Waals surface area contributed by atoms with Crippen LogP contribution in [0.25, 0.3) is 0 Å². The zero-order valence-corrected chi connectivity index (χ0v) is 15.5. The van der Waals surface area contributed by atoms with E-state index in [9.17, 15) is 14.9 Å². The first-order valence-electron chi connectivity index (χ1n) is 9.56. The Bertz CT molecular complexity index is 633. The van der Waals surface area contributed by atoms with Crippen LogP contribution in [0.2, 0.25) is 0 Å². The van der Waals surface area contributed by atoms with Crippen molar-refractivity contribution in [2.75, 3.05) is 57.4 Å². The van der Waals surface area contributed by atoms with Gasteiger partial charge in [0.25, 0.3) is 5.69 Å². The molecular weight excluding hydrogens is 350 g/mol. The number of ether oxygens (including phenoxy) is 1. The largest absolute Gasteiger partial charge is 0.379 e. The molecule has 0 bridgehead atoms. The number of nitrogens with zero attached hydrogens (tertiary/aromatic N) is 4. The van der Waals surface area contributed by atoms with Crippen molar-refractivity contribution >= 4 is 17.4 Å².